The predicted octanol–water partition coefficient (Wildman–Crippen LogP) is 4.73. The van der Waals surface area contributed by atoms with E-state index in [1.165, 1.54) is 44.1 Å². The van der Waals surface area contributed by atoms with Gasteiger partial charge in [0.1, 0.15) is 0 Å². The van der Waals surface area contributed by atoms with Gasteiger partial charge in [-0.05, 0) is 56.3 Å². The fraction of sp³-hybridized carbons (Fsp3) is 0.733. The Hall–Kier alpha value is -0.520. The van der Waals surface area contributed by atoms with Crippen LogP contribution in [-0.2, 0) is 0 Å². The maximum absolute atomic E-state index is 4.36. The lowest BCUT2D eigenvalue weighted by atomic mass is 9.61. The van der Waals surface area contributed by atoms with Gasteiger partial charge in [0.05, 0.1) is 0 Å². The molecule has 0 aromatic rings. The second kappa shape index (κ2) is 3.81. The molecule has 0 aliphatic heterocycles. The Bertz CT molecular complexity index is 286. The lowest BCUT2D eigenvalue weighted by molar-refractivity contribution is 0.179. The third-order valence-corrected chi connectivity index (χ3v) is 5.01. The van der Waals surface area contributed by atoms with Crippen LogP contribution in [0, 0.1) is 17.3 Å². The molecule has 0 aromatic carbocycles. The average Bonchev–Trinajstić information content (AvgIpc) is 2.54. The quantitative estimate of drug-likeness (QED) is 0.542. The van der Waals surface area contributed by atoms with Crippen LogP contribution >= 0.6 is 0 Å². The molecule has 0 saturated heterocycles. The Morgan fingerprint density at radius 3 is 2.67 bits per heavy atom. The highest BCUT2D eigenvalue weighted by molar-refractivity contribution is 5.20. The van der Waals surface area contributed by atoms with Gasteiger partial charge in [-0.15, -0.1) is 0 Å². The van der Waals surface area contributed by atoms with Crippen LogP contribution < -0.4 is 0 Å². The zero-order valence-electron chi connectivity index (χ0n) is 10.3. The van der Waals surface area contributed by atoms with Gasteiger partial charge in [-0.3, -0.25) is 0 Å². The summed E-state index contributed by atoms with van der Waals surface area (Å²) >= 11 is 0. The third-order valence-electron chi connectivity index (χ3n) is 5.01. The molecule has 84 valence electrons. The lowest BCUT2D eigenvalue weighted by Crippen LogP contribution is -2.33. The Balaban J connectivity index is 2.21. The minimum atomic E-state index is 0.488. The fourth-order valence-electron chi connectivity index (χ4n) is 3.78. The van der Waals surface area contributed by atoms with Gasteiger partial charge in [-0.25, -0.2) is 0 Å². The minimum Gasteiger partial charge on any atom is -0.0999 e. The van der Waals surface area contributed by atoms with Gasteiger partial charge in [0.25, 0.3) is 0 Å². The van der Waals surface area contributed by atoms with Crippen LogP contribution in [0.1, 0.15) is 52.4 Å². The summed E-state index contributed by atoms with van der Waals surface area (Å²) in [5.41, 5.74) is 3.42. The molecule has 0 heterocycles. The van der Waals surface area contributed by atoms with Gasteiger partial charge >= 0.3 is 0 Å². The summed E-state index contributed by atoms with van der Waals surface area (Å²) in [6, 6.07) is 0. The summed E-state index contributed by atoms with van der Waals surface area (Å²) in [6.45, 7) is 13.1. The number of rotatable bonds is 1. The maximum Gasteiger partial charge on any atom is -0.00595 e. The highest BCUT2D eigenvalue weighted by Crippen LogP contribution is 2.57. The molecule has 0 N–H and O–H groups in total. The second-order valence-electron chi connectivity index (χ2n) is 5.84. The Kier molecular flexibility index (Phi) is 2.79. The van der Waals surface area contributed by atoms with Crippen LogP contribution in [0.25, 0.3) is 0 Å². The molecule has 3 unspecified atom stereocenters. The van der Waals surface area contributed by atoms with Crippen molar-refractivity contribution in [3.8, 4) is 0 Å². The first-order valence-electron chi connectivity index (χ1n) is 6.40. The summed E-state index contributed by atoms with van der Waals surface area (Å²) in [4.78, 5) is 0. The van der Waals surface area contributed by atoms with Crippen LogP contribution in [-0.4, -0.2) is 0 Å². The van der Waals surface area contributed by atoms with E-state index in [0.717, 1.165) is 11.8 Å². The Morgan fingerprint density at radius 2 is 2.13 bits per heavy atom. The first kappa shape index (κ1) is 11.0. The largest absolute Gasteiger partial charge is 0.0999 e. The second-order valence-corrected chi connectivity index (χ2v) is 5.84. The highest BCUT2D eigenvalue weighted by atomic mass is 14.5. The average molecular weight is 204 g/mol. The number of hydrogen-bond acceptors (Lipinski definition) is 0. The molecule has 2 fully saturated rings. The molecule has 0 aromatic heterocycles. The summed E-state index contributed by atoms with van der Waals surface area (Å²) in [6.07, 6.45) is 8.06. The molecule has 0 nitrogen and oxygen atoms in total. The van der Waals surface area contributed by atoms with Gasteiger partial charge in [0.2, 0.25) is 0 Å². The van der Waals surface area contributed by atoms with E-state index in [4.69, 9.17) is 0 Å². The maximum atomic E-state index is 4.36. The summed E-state index contributed by atoms with van der Waals surface area (Å²) in [5.74, 6) is 1.61. The molecule has 0 bridgehead atoms. The molecular formula is C15H24. The van der Waals surface area contributed by atoms with Gasteiger partial charge in [0, 0.05) is 0 Å². The van der Waals surface area contributed by atoms with E-state index >= 15 is 0 Å². The molecule has 2 rings (SSSR count). The van der Waals surface area contributed by atoms with E-state index in [1.807, 2.05) is 0 Å². The summed E-state index contributed by atoms with van der Waals surface area (Å²) < 4.78 is 0. The van der Waals surface area contributed by atoms with Crippen molar-refractivity contribution >= 4 is 0 Å². The Morgan fingerprint density at radius 1 is 1.40 bits per heavy atom. The SMILES string of the molecule is C=C(C)C1CCC(=C)C2(CCCC2C)C1. The number of hydrogen-bond donors (Lipinski definition) is 0. The van der Waals surface area contributed by atoms with Crippen molar-refractivity contribution < 1.29 is 0 Å². The highest BCUT2D eigenvalue weighted by Gasteiger charge is 2.45. The molecule has 1 spiro atoms. The van der Waals surface area contributed by atoms with Crippen molar-refractivity contribution in [3.63, 3.8) is 0 Å². The minimum absolute atomic E-state index is 0.488. The molecule has 0 amide bonds. The van der Waals surface area contributed by atoms with E-state index < -0.39 is 0 Å². The monoisotopic (exact) mass is 204 g/mol. The summed E-state index contributed by atoms with van der Waals surface area (Å²) in [7, 11) is 0. The molecule has 2 aliphatic rings. The van der Waals surface area contributed by atoms with E-state index in [1.54, 1.807) is 5.57 Å². The summed E-state index contributed by atoms with van der Waals surface area (Å²) in [5, 5.41) is 0. The zero-order valence-corrected chi connectivity index (χ0v) is 10.3. The van der Waals surface area contributed by atoms with Crippen LogP contribution in [0.3, 0.4) is 0 Å². The molecule has 2 aliphatic carbocycles. The van der Waals surface area contributed by atoms with Gasteiger partial charge in [0.15, 0.2) is 0 Å². The van der Waals surface area contributed by atoms with Gasteiger partial charge in [-0.2, -0.15) is 0 Å². The smallest absolute Gasteiger partial charge is 0.00595 e. The van der Waals surface area contributed by atoms with E-state index in [-0.39, 0.29) is 0 Å². The molecule has 3 atom stereocenters. The van der Waals surface area contributed by atoms with Crippen molar-refractivity contribution in [3.05, 3.63) is 24.3 Å². The lowest BCUT2D eigenvalue weighted by Gasteiger charge is -2.44. The van der Waals surface area contributed by atoms with Crippen molar-refractivity contribution in [2.45, 2.75) is 52.4 Å². The van der Waals surface area contributed by atoms with Crippen molar-refractivity contribution in [2.75, 3.05) is 0 Å². The standard InChI is InChI=1S/C15H24/c1-11(2)14-8-7-13(4)15(10-14)9-5-6-12(15)3/h12,14H,1,4-10H2,2-3H3. The van der Waals surface area contributed by atoms with Crippen LogP contribution in [0.5, 0.6) is 0 Å². The first-order valence-corrected chi connectivity index (χ1v) is 6.40. The van der Waals surface area contributed by atoms with Crippen molar-refractivity contribution in [1.82, 2.24) is 0 Å². The molecule has 0 heteroatoms. The molecule has 15 heavy (non-hydrogen) atoms. The van der Waals surface area contributed by atoms with Crippen molar-refractivity contribution in [1.29, 1.82) is 0 Å². The third kappa shape index (κ3) is 1.68. The van der Waals surface area contributed by atoms with Crippen LogP contribution in [0.4, 0.5) is 0 Å². The van der Waals surface area contributed by atoms with Gasteiger partial charge < -0.3 is 0 Å². The van der Waals surface area contributed by atoms with Crippen molar-refractivity contribution in [2.24, 2.45) is 17.3 Å². The predicted molar refractivity (Wildman–Crippen MR) is 66.7 cm³/mol. The van der Waals surface area contributed by atoms with Crippen LogP contribution in [0.15, 0.2) is 24.3 Å². The van der Waals surface area contributed by atoms with Gasteiger partial charge in [-0.1, -0.05) is 37.6 Å². The Labute approximate surface area is 94.5 Å². The van der Waals surface area contributed by atoms with Crippen LogP contribution in [0.2, 0.25) is 0 Å². The fourth-order valence-corrected chi connectivity index (χ4v) is 3.78. The van der Waals surface area contributed by atoms with E-state index in [0.29, 0.717) is 5.41 Å². The molecule has 2 saturated carbocycles. The zero-order chi connectivity index (χ0) is 11.1. The molecule has 0 radical (unpaired) electrons. The number of allylic oxidation sites excluding steroid dienone is 2. The topological polar surface area (TPSA) is 0 Å². The molecular weight excluding hydrogens is 180 g/mol. The normalized spacial score (nSPS) is 41.1. The van der Waals surface area contributed by atoms with E-state index in [9.17, 15) is 0 Å². The van der Waals surface area contributed by atoms with E-state index in [2.05, 4.69) is 27.0 Å². The first-order chi connectivity index (χ1) is 7.06.